The van der Waals surface area contributed by atoms with Crippen molar-refractivity contribution in [3.05, 3.63) is 0 Å². The largest absolute Gasteiger partial charge is 0.480 e. The molecule has 1 N–H and O–H groups in total. The van der Waals surface area contributed by atoms with Gasteiger partial charge in [0.15, 0.2) is 0 Å². The van der Waals surface area contributed by atoms with Crippen LogP contribution in [0.25, 0.3) is 0 Å². The van der Waals surface area contributed by atoms with Crippen LogP contribution in [0, 0.1) is 11.3 Å². The smallest absolute Gasteiger partial charge is 0.327 e. The van der Waals surface area contributed by atoms with E-state index in [1.54, 1.807) is 28.6 Å². The van der Waals surface area contributed by atoms with Gasteiger partial charge in [0.1, 0.15) is 6.04 Å². The summed E-state index contributed by atoms with van der Waals surface area (Å²) in [4.78, 5) is 27.7. The van der Waals surface area contributed by atoms with E-state index in [9.17, 15) is 14.7 Å². The Hall–Kier alpha value is -0.910. The average Bonchev–Trinajstić information content (AvgIpc) is 3.13. The minimum atomic E-state index is -0.893. The molecular weight excluding hydrogens is 288 g/mol. The molecule has 0 radical (unpaired) electrons. The molecule has 2 aliphatic rings. The molecule has 5 nitrogen and oxygen atoms in total. The monoisotopic (exact) mass is 314 g/mol. The molecule has 2 rings (SSSR count). The third-order valence-electron chi connectivity index (χ3n) is 4.70. The first-order valence-corrected chi connectivity index (χ1v) is 8.59. The maximum absolute atomic E-state index is 12.9. The van der Waals surface area contributed by atoms with Gasteiger partial charge in [0.25, 0.3) is 0 Å². The summed E-state index contributed by atoms with van der Waals surface area (Å²) in [5, 5.41) is 9.44. The van der Waals surface area contributed by atoms with Crippen LogP contribution in [0.3, 0.4) is 0 Å². The molecule has 0 aromatic heterocycles. The maximum atomic E-state index is 12.9. The Labute approximate surface area is 131 Å². The molecule has 2 amide bonds. The van der Waals surface area contributed by atoms with Crippen molar-refractivity contribution in [2.75, 3.05) is 12.8 Å². The lowest BCUT2D eigenvalue weighted by molar-refractivity contribution is -0.141. The number of nitrogens with zero attached hydrogens (tertiary/aromatic N) is 2. The molecule has 1 aliphatic carbocycles. The van der Waals surface area contributed by atoms with Crippen molar-refractivity contribution >= 4 is 23.8 Å². The number of aliphatic carboxylic acids is 1. The van der Waals surface area contributed by atoms with Crippen LogP contribution >= 0.6 is 11.8 Å². The Morgan fingerprint density at radius 3 is 2.33 bits per heavy atom. The van der Waals surface area contributed by atoms with Crippen molar-refractivity contribution in [2.24, 2.45) is 11.3 Å². The first-order chi connectivity index (χ1) is 9.64. The van der Waals surface area contributed by atoms with Crippen molar-refractivity contribution < 1.29 is 14.7 Å². The molecule has 0 aromatic rings. The van der Waals surface area contributed by atoms with Crippen LogP contribution in [0.4, 0.5) is 4.79 Å². The molecule has 1 saturated carbocycles. The third kappa shape index (κ3) is 3.30. The Morgan fingerprint density at radius 2 is 1.90 bits per heavy atom. The summed E-state index contributed by atoms with van der Waals surface area (Å²) >= 11 is 1.62. The van der Waals surface area contributed by atoms with Crippen LogP contribution in [-0.2, 0) is 4.79 Å². The van der Waals surface area contributed by atoms with E-state index in [0.29, 0.717) is 11.7 Å². The molecule has 0 spiro atoms. The zero-order valence-corrected chi connectivity index (χ0v) is 14.3. The Kier molecular flexibility index (Phi) is 4.47. The van der Waals surface area contributed by atoms with Gasteiger partial charge in [0.05, 0.1) is 5.37 Å². The molecular formula is C15H26N2O3S. The molecule has 1 heterocycles. The minimum absolute atomic E-state index is 0.0354. The number of hydrogen-bond acceptors (Lipinski definition) is 3. The fourth-order valence-electron chi connectivity index (χ4n) is 2.63. The van der Waals surface area contributed by atoms with Crippen molar-refractivity contribution in [1.29, 1.82) is 0 Å². The van der Waals surface area contributed by atoms with Crippen molar-refractivity contribution in [3.8, 4) is 0 Å². The Bertz CT molecular complexity index is 431. The van der Waals surface area contributed by atoms with Gasteiger partial charge in [-0.15, -0.1) is 11.8 Å². The van der Waals surface area contributed by atoms with E-state index in [2.05, 4.69) is 20.8 Å². The number of urea groups is 1. The molecule has 0 aromatic carbocycles. The fourth-order valence-corrected chi connectivity index (χ4v) is 4.26. The fraction of sp³-hybridized carbons (Fsp3) is 0.867. The van der Waals surface area contributed by atoms with Gasteiger partial charge in [-0.1, -0.05) is 20.8 Å². The van der Waals surface area contributed by atoms with E-state index >= 15 is 0 Å². The highest BCUT2D eigenvalue weighted by Crippen LogP contribution is 2.46. The van der Waals surface area contributed by atoms with Crippen LogP contribution in [0.15, 0.2) is 0 Å². The topological polar surface area (TPSA) is 60.9 Å². The van der Waals surface area contributed by atoms with Gasteiger partial charge < -0.3 is 10.0 Å². The quantitative estimate of drug-likeness (QED) is 0.870. The molecule has 21 heavy (non-hydrogen) atoms. The highest BCUT2D eigenvalue weighted by molar-refractivity contribution is 8.00. The van der Waals surface area contributed by atoms with E-state index in [1.807, 2.05) is 6.92 Å². The molecule has 2 fully saturated rings. The summed E-state index contributed by atoms with van der Waals surface area (Å²) in [5.41, 5.74) is -0.0366. The van der Waals surface area contributed by atoms with Crippen molar-refractivity contribution in [3.63, 3.8) is 0 Å². The average molecular weight is 314 g/mol. The first-order valence-electron chi connectivity index (χ1n) is 7.54. The van der Waals surface area contributed by atoms with E-state index in [-0.39, 0.29) is 22.9 Å². The van der Waals surface area contributed by atoms with E-state index < -0.39 is 12.0 Å². The minimum Gasteiger partial charge on any atom is -0.480 e. The van der Waals surface area contributed by atoms with Crippen LogP contribution in [0.1, 0.15) is 40.5 Å². The van der Waals surface area contributed by atoms with Crippen LogP contribution in [0.2, 0.25) is 0 Å². The van der Waals surface area contributed by atoms with Gasteiger partial charge in [0.2, 0.25) is 0 Å². The van der Waals surface area contributed by atoms with Crippen LogP contribution < -0.4 is 0 Å². The third-order valence-corrected chi connectivity index (χ3v) is 6.16. The Morgan fingerprint density at radius 1 is 1.33 bits per heavy atom. The van der Waals surface area contributed by atoms with Crippen molar-refractivity contribution in [1.82, 2.24) is 9.80 Å². The van der Waals surface area contributed by atoms with Gasteiger partial charge in [-0.2, -0.15) is 0 Å². The van der Waals surface area contributed by atoms with Gasteiger partial charge in [-0.3, -0.25) is 4.90 Å². The first kappa shape index (κ1) is 16.5. The molecule has 1 saturated heterocycles. The van der Waals surface area contributed by atoms with Gasteiger partial charge in [0, 0.05) is 18.8 Å². The normalized spacial score (nSPS) is 27.6. The Balaban J connectivity index is 2.18. The number of rotatable bonds is 3. The van der Waals surface area contributed by atoms with E-state index in [4.69, 9.17) is 0 Å². The van der Waals surface area contributed by atoms with Crippen LogP contribution in [0.5, 0.6) is 0 Å². The second-order valence-electron chi connectivity index (χ2n) is 7.26. The number of hydrogen-bond donors (Lipinski definition) is 1. The lowest BCUT2D eigenvalue weighted by Crippen LogP contribution is -2.55. The maximum Gasteiger partial charge on any atom is 0.327 e. The number of amides is 2. The summed E-state index contributed by atoms with van der Waals surface area (Å²) in [6.07, 6.45) is 2.21. The van der Waals surface area contributed by atoms with Gasteiger partial charge >= 0.3 is 12.0 Å². The molecule has 6 heteroatoms. The number of carboxylic acids is 1. The summed E-state index contributed by atoms with van der Waals surface area (Å²) in [7, 11) is 1.78. The lowest BCUT2D eigenvalue weighted by Gasteiger charge is -2.39. The number of carboxylic acid groups (broad SMARTS) is 1. The van der Waals surface area contributed by atoms with E-state index in [1.165, 1.54) is 0 Å². The lowest BCUT2D eigenvalue weighted by atomic mass is 9.87. The number of thioether (sulfide) groups is 1. The van der Waals surface area contributed by atoms with Crippen molar-refractivity contribution in [2.45, 2.75) is 58.0 Å². The molecule has 3 atom stereocenters. The van der Waals surface area contributed by atoms with Gasteiger partial charge in [-0.05, 0) is 31.1 Å². The summed E-state index contributed by atoms with van der Waals surface area (Å²) in [6.45, 7) is 8.29. The predicted octanol–water partition coefficient (Wildman–Crippen LogP) is 2.71. The number of carbonyl (C=O) groups excluding carboxylic acids is 1. The second kappa shape index (κ2) is 5.71. The highest BCUT2D eigenvalue weighted by atomic mass is 32.2. The SMILES string of the molecule is CC(N(C)C(=O)N1C(C(=O)O)CSC1C1CC1)C(C)(C)C. The molecule has 3 unspecified atom stereocenters. The van der Waals surface area contributed by atoms with E-state index in [0.717, 1.165) is 12.8 Å². The summed E-state index contributed by atoms with van der Waals surface area (Å²) in [5.74, 6) is 0.0810. The number of carbonyl (C=O) groups is 2. The zero-order valence-electron chi connectivity index (χ0n) is 13.5. The summed E-state index contributed by atoms with van der Waals surface area (Å²) in [6, 6.07) is -0.792. The van der Waals surface area contributed by atoms with Gasteiger partial charge in [-0.25, -0.2) is 9.59 Å². The molecule has 0 bridgehead atoms. The standard InChI is InChI=1S/C15H26N2O3S/c1-9(15(2,3)4)16(5)14(20)17-11(13(18)19)8-21-12(17)10-6-7-10/h9-12H,6-8H2,1-5H3,(H,18,19). The zero-order chi connectivity index (χ0) is 15.9. The van der Waals surface area contributed by atoms with Crippen LogP contribution in [-0.4, -0.2) is 57.2 Å². The highest BCUT2D eigenvalue weighted by Gasteiger charge is 2.49. The molecule has 1 aliphatic heterocycles. The predicted molar refractivity (Wildman–Crippen MR) is 84.3 cm³/mol. The second-order valence-corrected chi connectivity index (χ2v) is 8.41. The molecule has 120 valence electrons. The summed E-state index contributed by atoms with van der Waals surface area (Å²) < 4.78 is 0.